The minimum atomic E-state index is 0.357. The van der Waals surface area contributed by atoms with E-state index >= 15 is 0 Å². The topological polar surface area (TPSA) is 50.8 Å². The molecular weight excluding hydrogens is 214 g/mol. The third-order valence-electron chi connectivity index (χ3n) is 2.42. The maximum Gasteiger partial charge on any atom is 0.153 e. The van der Waals surface area contributed by atoms with Crippen LogP contribution >= 0.6 is 0 Å². The van der Waals surface area contributed by atoms with Crippen LogP contribution in [0.2, 0.25) is 0 Å². The third-order valence-corrected chi connectivity index (χ3v) is 2.42. The molecule has 0 radical (unpaired) electrons. The number of rotatable bonds is 5. The number of nitrogens with zero attached hydrogens (tertiary/aromatic N) is 2. The SMILES string of the molecule is CC(C)c1n[nH]c(CCOc2ccccc2)n1. The zero-order valence-electron chi connectivity index (χ0n) is 10.2. The first-order chi connectivity index (χ1) is 8.25. The molecule has 1 heterocycles. The molecule has 0 aliphatic carbocycles. The van der Waals surface area contributed by atoms with Crippen molar-refractivity contribution in [2.75, 3.05) is 6.61 Å². The van der Waals surface area contributed by atoms with Gasteiger partial charge >= 0.3 is 0 Å². The fraction of sp³-hybridized carbons (Fsp3) is 0.385. The van der Waals surface area contributed by atoms with E-state index in [1.807, 2.05) is 30.3 Å². The number of nitrogens with one attached hydrogen (secondary N) is 1. The van der Waals surface area contributed by atoms with Crippen molar-refractivity contribution >= 4 is 0 Å². The first kappa shape index (κ1) is 11.6. The first-order valence-electron chi connectivity index (χ1n) is 5.84. The largest absolute Gasteiger partial charge is 0.493 e. The van der Waals surface area contributed by atoms with E-state index in [0.717, 1.165) is 23.8 Å². The van der Waals surface area contributed by atoms with Crippen molar-refractivity contribution in [1.29, 1.82) is 0 Å². The summed E-state index contributed by atoms with van der Waals surface area (Å²) in [7, 11) is 0. The van der Waals surface area contributed by atoms with Gasteiger partial charge in [-0.05, 0) is 12.1 Å². The van der Waals surface area contributed by atoms with E-state index in [1.54, 1.807) is 0 Å². The summed E-state index contributed by atoms with van der Waals surface area (Å²) in [5.74, 6) is 2.98. The van der Waals surface area contributed by atoms with E-state index < -0.39 is 0 Å². The standard InChI is InChI=1S/C13H17N3O/c1-10(2)13-14-12(15-16-13)8-9-17-11-6-4-3-5-7-11/h3-7,10H,8-9H2,1-2H3,(H,14,15,16). The minimum absolute atomic E-state index is 0.357. The number of hydrogen-bond donors (Lipinski definition) is 1. The molecule has 0 amide bonds. The quantitative estimate of drug-likeness (QED) is 0.860. The summed E-state index contributed by atoms with van der Waals surface area (Å²) in [4.78, 5) is 4.39. The molecule has 2 aromatic rings. The van der Waals surface area contributed by atoms with Crippen LogP contribution in [0.4, 0.5) is 0 Å². The summed E-state index contributed by atoms with van der Waals surface area (Å²) in [5.41, 5.74) is 0. The van der Waals surface area contributed by atoms with Crippen LogP contribution in [0.15, 0.2) is 30.3 Å². The van der Waals surface area contributed by atoms with E-state index in [2.05, 4.69) is 29.0 Å². The van der Waals surface area contributed by atoms with Crippen molar-refractivity contribution in [3.63, 3.8) is 0 Å². The van der Waals surface area contributed by atoms with Crippen molar-refractivity contribution in [3.05, 3.63) is 42.0 Å². The normalized spacial score (nSPS) is 10.8. The lowest BCUT2D eigenvalue weighted by Crippen LogP contribution is -2.02. The van der Waals surface area contributed by atoms with Crippen LogP contribution < -0.4 is 4.74 Å². The summed E-state index contributed by atoms with van der Waals surface area (Å²) < 4.78 is 5.59. The first-order valence-corrected chi connectivity index (χ1v) is 5.84. The lowest BCUT2D eigenvalue weighted by atomic mass is 10.2. The van der Waals surface area contributed by atoms with Crippen LogP contribution in [0.25, 0.3) is 0 Å². The average Bonchev–Trinajstić information content (AvgIpc) is 2.79. The minimum Gasteiger partial charge on any atom is -0.493 e. The molecule has 0 saturated carbocycles. The number of ether oxygens (including phenoxy) is 1. The lowest BCUT2D eigenvalue weighted by Gasteiger charge is -2.03. The highest BCUT2D eigenvalue weighted by Crippen LogP contribution is 2.10. The van der Waals surface area contributed by atoms with Gasteiger partial charge in [-0.1, -0.05) is 32.0 Å². The molecular formula is C13H17N3O. The molecule has 4 heteroatoms. The number of aromatic amines is 1. The van der Waals surface area contributed by atoms with Crippen molar-refractivity contribution < 1.29 is 4.74 Å². The molecule has 90 valence electrons. The summed E-state index contributed by atoms with van der Waals surface area (Å²) in [6.45, 7) is 4.76. The maximum absolute atomic E-state index is 5.59. The van der Waals surface area contributed by atoms with Crippen molar-refractivity contribution in [3.8, 4) is 5.75 Å². The van der Waals surface area contributed by atoms with Crippen LogP contribution in [-0.4, -0.2) is 21.8 Å². The number of benzene rings is 1. The Bertz CT molecular complexity index is 451. The maximum atomic E-state index is 5.59. The Kier molecular flexibility index (Phi) is 3.75. The summed E-state index contributed by atoms with van der Waals surface area (Å²) >= 11 is 0. The van der Waals surface area contributed by atoms with Crippen LogP contribution in [0.5, 0.6) is 5.75 Å². The van der Waals surface area contributed by atoms with Gasteiger partial charge in [-0.3, -0.25) is 5.10 Å². The molecule has 0 aliphatic heterocycles. The Morgan fingerprint density at radius 2 is 2.00 bits per heavy atom. The molecule has 1 aromatic heterocycles. The zero-order valence-corrected chi connectivity index (χ0v) is 10.2. The fourth-order valence-corrected chi connectivity index (χ4v) is 1.46. The van der Waals surface area contributed by atoms with E-state index in [0.29, 0.717) is 12.5 Å². The van der Waals surface area contributed by atoms with Crippen molar-refractivity contribution in [2.45, 2.75) is 26.2 Å². The Morgan fingerprint density at radius 3 is 2.65 bits per heavy atom. The van der Waals surface area contributed by atoms with Gasteiger partial charge < -0.3 is 4.74 Å². The second kappa shape index (κ2) is 5.48. The molecule has 0 bridgehead atoms. The predicted octanol–water partition coefficient (Wildman–Crippen LogP) is 2.55. The van der Waals surface area contributed by atoms with Crippen LogP contribution in [0.3, 0.4) is 0 Å². The van der Waals surface area contributed by atoms with Gasteiger partial charge in [-0.2, -0.15) is 5.10 Å². The lowest BCUT2D eigenvalue weighted by molar-refractivity contribution is 0.319. The zero-order chi connectivity index (χ0) is 12.1. The number of H-pyrrole nitrogens is 1. The van der Waals surface area contributed by atoms with Gasteiger partial charge in [0.25, 0.3) is 0 Å². The highest BCUT2D eigenvalue weighted by Gasteiger charge is 2.06. The van der Waals surface area contributed by atoms with Gasteiger partial charge in [-0.25, -0.2) is 4.98 Å². The molecule has 17 heavy (non-hydrogen) atoms. The van der Waals surface area contributed by atoms with E-state index in [4.69, 9.17) is 4.74 Å². The molecule has 0 fully saturated rings. The van der Waals surface area contributed by atoms with Gasteiger partial charge in [0, 0.05) is 12.3 Å². The van der Waals surface area contributed by atoms with E-state index in [1.165, 1.54) is 0 Å². The van der Waals surface area contributed by atoms with Crippen molar-refractivity contribution in [1.82, 2.24) is 15.2 Å². The molecule has 0 atom stereocenters. The van der Waals surface area contributed by atoms with E-state index in [9.17, 15) is 0 Å². The van der Waals surface area contributed by atoms with Gasteiger partial charge in [0.1, 0.15) is 11.6 Å². The van der Waals surface area contributed by atoms with Gasteiger partial charge in [0.15, 0.2) is 5.82 Å². The van der Waals surface area contributed by atoms with Crippen molar-refractivity contribution in [2.24, 2.45) is 0 Å². The smallest absolute Gasteiger partial charge is 0.153 e. The number of hydrogen-bond acceptors (Lipinski definition) is 3. The number of aromatic nitrogens is 3. The predicted molar refractivity (Wildman–Crippen MR) is 66.1 cm³/mol. The summed E-state index contributed by atoms with van der Waals surface area (Å²) in [6.07, 6.45) is 0.745. The second-order valence-electron chi connectivity index (χ2n) is 4.21. The Labute approximate surface area is 101 Å². The molecule has 0 saturated heterocycles. The molecule has 2 rings (SSSR count). The highest BCUT2D eigenvalue weighted by molar-refractivity contribution is 5.20. The molecule has 0 unspecified atom stereocenters. The summed E-state index contributed by atoms with van der Waals surface area (Å²) in [6, 6.07) is 9.78. The van der Waals surface area contributed by atoms with Gasteiger partial charge in [0.05, 0.1) is 6.61 Å². The van der Waals surface area contributed by atoms with Gasteiger partial charge in [0.2, 0.25) is 0 Å². The van der Waals surface area contributed by atoms with Gasteiger partial charge in [-0.15, -0.1) is 0 Å². The van der Waals surface area contributed by atoms with Crippen LogP contribution in [-0.2, 0) is 6.42 Å². The highest BCUT2D eigenvalue weighted by atomic mass is 16.5. The monoisotopic (exact) mass is 231 g/mol. The molecule has 0 aliphatic rings. The fourth-order valence-electron chi connectivity index (χ4n) is 1.46. The Hall–Kier alpha value is -1.84. The van der Waals surface area contributed by atoms with Crippen LogP contribution in [0.1, 0.15) is 31.4 Å². The summed E-state index contributed by atoms with van der Waals surface area (Å²) in [5, 5.41) is 7.08. The molecule has 1 aromatic carbocycles. The molecule has 1 N–H and O–H groups in total. The number of para-hydroxylation sites is 1. The second-order valence-corrected chi connectivity index (χ2v) is 4.21. The third kappa shape index (κ3) is 3.31. The Morgan fingerprint density at radius 1 is 1.24 bits per heavy atom. The molecule has 0 spiro atoms. The average molecular weight is 231 g/mol. The van der Waals surface area contributed by atoms with Crippen LogP contribution in [0, 0.1) is 0 Å². The van der Waals surface area contributed by atoms with E-state index in [-0.39, 0.29) is 0 Å². The Balaban J connectivity index is 1.82. The molecule has 4 nitrogen and oxygen atoms in total.